The lowest BCUT2D eigenvalue weighted by atomic mass is 9.95. The molecule has 0 bridgehead atoms. The summed E-state index contributed by atoms with van der Waals surface area (Å²) < 4.78 is 0. The summed E-state index contributed by atoms with van der Waals surface area (Å²) in [5.41, 5.74) is 0.0365. The van der Waals surface area contributed by atoms with Crippen LogP contribution >= 0.6 is 11.8 Å². The number of nitrogens with zero attached hydrogens (tertiary/aromatic N) is 2. The molecular weight excluding hydrogens is 276 g/mol. The van der Waals surface area contributed by atoms with Gasteiger partial charge >= 0.3 is 5.69 Å². The largest absolute Gasteiger partial charge is 0.373 e. The summed E-state index contributed by atoms with van der Waals surface area (Å²) in [6.07, 6.45) is 6.67. The fraction of sp³-hybridized carbons (Fsp3) is 0.615. The Labute approximate surface area is 122 Å². The van der Waals surface area contributed by atoms with Crippen molar-refractivity contribution >= 4 is 29.1 Å². The monoisotopic (exact) mass is 296 g/mol. The standard InChI is InChI=1S/C13H20N4O2S/c1-14-12-8-7-10(17(18)19)13(16-12)15-9-5-3-4-6-11(9)20-2/h7-9,11H,3-6H2,1-2H3,(H2,14,15,16). The smallest absolute Gasteiger partial charge is 0.311 e. The van der Waals surface area contributed by atoms with Crippen LogP contribution < -0.4 is 10.6 Å². The normalized spacial score (nSPS) is 22.3. The Morgan fingerprint density at radius 1 is 1.40 bits per heavy atom. The van der Waals surface area contributed by atoms with Crippen molar-refractivity contribution in [1.29, 1.82) is 0 Å². The number of hydrogen-bond donors (Lipinski definition) is 2. The SMILES string of the molecule is CNc1ccc([N+](=O)[O-])c(NC2CCCCC2SC)n1. The maximum Gasteiger partial charge on any atom is 0.311 e. The molecule has 1 saturated carbocycles. The van der Waals surface area contributed by atoms with Crippen LogP contribution in [-0.2, 0) is 0 Å². The lowest BCUT2D eigenvalue weighted by molar-refractivity contribution is -0.384. The van der Waals surface area contributed by atoms with Gasteiger partial charge in [0.25, 0.3) is 0 Å². The van der Waals surface area contributed by atoms with E-state index in [0.29, 0.717) is 16.9 Å². The number of aromatic nitrogens is 1. The maximum absolute atomic E-state index is 11.1. The third-order valence-electron chi connectivity index (χ3n) is 3.65. The molecule has 0 saturated heterocycles. The first kappa shape index (κ1) is 14.9. The number of anilines is 2. The highest BCUT2D eigenvalue weighted by atomic mass is 32.2. The average molecular weight is 296 g/mol. The Kier molecular flexibility index (Phi) is 5.05. The van der Waals surface area contributed by atoms with Gasteiger partial charge in [-0.05, 0) is 25.2 Å². The molecule has 2 unspecified atom stereocenters. The average Bonchev–Trinajstić information content (AvgIpc) is 2.47. The van der Waals surface area contributed by atoms with E-state index in [1.165, 1.54) is 12.5 Å². The number of nitrogens with one attached hydrogen (secondary N) is 2. The van der Waals surface area contributed by atoms with Crippen molar-refractivity contribution in [3.05, 3.63) is 22.2 Å². The molecule has 1 heterocycles. The first-order valence-corrected chi connectivity index (χ1v) is 8.07. The molecule has 0 amide bonds. The zero-order valence-corrected chi connectivity index (χ0v) is 12.6. The van der Waals surface area contributed by atoms with Crippen molar-refractivity contribution in [2.45, 2.75) is 37.0 Å². The molecule has 6 nitrogen and oxygen atoms in total. The molecule has 1 aromatic heterocycles. The number of pyridine rings is 1. The van der Waals surface area contributed by atoms with Crippen LogP contribution in [0.4, 0.5) is 17.3 Å². The van der Waals surface area contributed by atoms with Gasteiger partial charge in [0, 0.05) is 24.4 Å². The van der Waals surface area contributed by atoms with Gasteiger partial charge in [0.1, 0.15) is 5.82 Å². The third-order valence-corrected chi connectivity index (χ3v) is 4.82. The van der Waals surface area contributed by atoms with Crippen LogP contribution in [0.2, 0.25) is 0 Å². The Hall–Kier alpha value is -1.50. The van der Waals surface area contributed by atoms with E-state index in [9.17, 15) is 10.1 Å². The summed E-state index contributed by atoms with van der Waals surface area (Å²) in [6, 6.07) is 3.37. The highest BCUT2D eigenvalue weighted by molar-refractivity contribution is 7.99. The van der Waals surface area contributed by atoms with Crippen LogP contribution in [-0.4, -0.2) is 34.5 Å². The van der Waals surface area contributed by atoms with Gasteiger partial charge in [-0.25, -0.2) is 4.98 Å². The lowest BCUT2D eigenvalue weighted by Crippen LogP contribution is -2.34. The summed E-state index contributed by atoms with van der Waals surface area (Å²) >= 11 is 1.82. The highest BCUT2D eigenvalue weighted by Crippen LogP contribution is 2.32. The van der Waals surface area contributed by atoms with Gasteiger partial charge in [-0.2, -0.15) is 11.8 Å². The number of rotatable bonds is 5. The molecule has 1 aliphatic carbocycles. The molecule has 2 N–H and O–H groups in total. The van der Waals surface area contributed by atoms with Crippen LogP contribution in [0.3, 0.4) is 0 Å². The minimum Gasteiger partial charge on any atom is -0.373 e. The molecule has 0 aliphatic heterocycles. The highest BCUT2D eigenvalue weighted by Gasteiger charge is 2.27. The van der Waals surface area contributed by atoms with Crippen LogP contribution in [0.25, 0.3) is 0 Å². The fourth-order valence-corrected chi connectivity index (χ4v) is 3.50. The fourth-order valence-electron chi connectivity index (χ4n) is 2.56. The van der Waals surface area contributed by atoms with Gasteiger partial charge in [-0.1, -0.05) is 12.8 Å². The second kappa shape index (κ2) is 6.78. The Balaban J connectivity index is 2.23. The Morgan fingerprint density at radius 3 is 2.80 bits per heavy atom. The van der Waals surface area contributed by atoms with E-state index in [1.807, 2.05) is 11.8 Å². The predicted molar refractivity (Wildman–Crippen MR) is 83.6 cm³/mol. The molecule has 2 rings (SSSR count). The minimum atomic E-state index is -0.383. The summed E-state index contributed by atoms with van der Waals surface area (Å²) in [5, 5.41) is 17.8. The van der Waals surface area contributed by atoms with Crippen LogP contribution in [0.15, 0.2) is 12.1 Å². The van der Waals surface area contributed by atoms with Gasteiger partial charge in [0.15, 0.2) is 0 Å². The quantitative estimate of drug-likeness (QED) is 0.642. The van der Waals surface area contributed by atoms with E-state index in [4.69, 9.17) is 0 Å². The van der Waals surface area contributed by atoms with Crippen molar-refractivity contribution in [3.8, 4) is 0 Å². The van der Waals surface area contributed by atoms with E-state index in [1.54, 1.807) is 13.1 Å². The molecule has 2 atom stereocenters. The Morgan fingerprint density at radius 2 is 2.15 bits per heavy atom. The number of thioether (sulfide) groups is 1. The van der Waals surface area contributed by atoms with Crippen molar-refractivity contribution in [2.24, 2.45) is 0 Å². The van der Waals surface area contributed by atoms with E-state index < -0.39 is 0 Å². The Bertz CT molecular complexity index is 483. The van der Waals surface area contributed by atoms with E-state index in [0.717, 1.165) is 19.3 Å². The van der Waals surface area contributed by atoms with Gasteiger partial charge in [0.05, 0.1) is 4.92 Å². The van der Waals surface area contributed by atoms with Gasteiger partial charge in [-0.3, -0.25) is 10.1 Å². The van der Waals surface area contributed by atoms with Gasteiger partial charge < -0.3 is 10.6 Å². The summed E-state index contributed by atoms with van der Waals surface area (Å²) in [4.78, 5) is 15.0. The molecule has 0 aromatic carbocycles. The first-order chi connectivity index (χ1) is 9.65. The first-order valence-electron chi connectivity index (χ1n) is 6.78. The van der Waals surface area contributed by atoms with Crippen molar-refractivity contribution in [1.82, 2.24) is 4.98 Å². The molecule has 1 aromatic rings. The molecular formula is C13H20N4O2S. The molecule has 0 spiro atoms. The zero-order valence-electron chi connectivity index (χ0n) is 11.8. The number of hydrogen-bond acceptors (Lipinski definition) is 6. The molecule has 1 aliphatic rings. The van der Waals surface area contributed by atoms with Crippen LogP contribution in [0.1, 0.15) is 25.7 Å². The summed E-state index contributed by atoms with van der Waals surface area (Å²) in [6.45, 7) is 0. The summed E-state index contributed by atoms with van der Waals surface area (Å²) in [7, 11) is 1.75. The van der Waals surface area contributed by atoms with Crippen molar-refractivity contribution < 1.29 is 4.92 Å². The molecule has 110 valence electrons. The zero-order chi connectivity index (χ0) is 14.5. The minimum absolute atomic E-state index is 0.0365. The topological polar surface area (TPSA) is 80.1 Å². The molecule has 7 heteroatoms. The second-order valence-corrected chi connectivity index (χ2v) is 5.96. The van der Waals surface area contributed by atoms with Crippen LogP contribution in [0.5, 0.6) is 0 Å². The lowest BCUT2D eigenvalue weighted by Gasteiger charge is -2.31. The third kappa shape index (κ3) is 3.33. The van der Waals surface area contributed by atoms with Crippen molar-refractivity contribution in [3.63, 3.8) is 0 Å². The maximum atomic E-state index is 11.1. The summed E-state index contributed by atoms with van der Waals surface area (Å²) in [5.74, 6) is 1.00. The van der Waals surface area contributed by atoms with E-state index in [-0.39, 0.29) is 16.7 Å². The van der Waals surface area contributed by atoms with Gasteiger partial charge in [0.2, 0.25) is 5.82 Å². The van der Waals surface area contributed by atoms with E-state index in [2.05, 4.69) is 21.9 Å². The van der Waals surface area contributed by atoms with Gasteiger partial charge in [-0.15, -0.1) is 0 Å². The molecule has 1 fully saturated rings. The number of nitro groups is 1. The second-order valence-electron chi connectivity index (χ2n) is 4.88. The van der Waals surface area contributed by atoms with E-state index >= 15 is 0 Å². The molecule has 0 radical (unpaired) electrons. The molecule has 20 heavy (non-hydrogen) atoms. The predicted octanol–water partition coefficient (Wildman–Crippen LogP) is 3.12. The van der Waals surface area contributed by atoms with Crippen LogP contribution in [0, 0.1) is 10.1 Å². The van der Waals surface area contributed by atoms with Crippen molar-refractivity contribution in [2.75, 3.05) is 23.9 Å².